The summed E-state index contributed by atoms with van der Waals surface area (Å²) >= 11 is 18.5. The number of fused-ring (bicyclic) bond motifs is 2. The first-order valence-electron chi connectivity index (χ1n) is 36.0. The van der Waals surface area contributed by atoms with Crippen LogP contribution in [0.4, 0.5) is 0 Å². The van der Waals surface area contributed by atoms with Gasteiger partial charge in [-0.25, -0.2) is 4.99 Å². The fourth-order valence-electron chi connectivity index (χ4n) is 12.8. The van der Waals surface area contributed by atoms with Crippen LogP contribution >= 0.6 is 35.4 Å². The van der Waals surface area contributed by atoms with Crippen LogP contribution in [-0.4, -0.2) is 107 Å². The molecule has 0 bridgehead atoms. The Bertz CT molecular complexity index is 3730. The molecular formula is C80H107Cl2N5O10S. The third-order valence-electron chi connectivity index (χ3n) is 18.2. The average Bonchev–Trinajstić information content (AvgIpc) is 0.755. The minimum atomic E-state index is -0.764. The second kappa shape index (κ2) is 43.0. The smallest absolute Gasteiger partial charge is 0.287 e. The van der Waals surface area contributed by atoms with E-state index in [2.05, 4.69) is 77.7 Å². The normalized spacial score (nSPS) is 17.2. The maximum atomic E-state index is 13.4. The van der Waals surface area contributed by atoms with Crippen molar-refractivity contribution in [2.24, 2.45) is 10.7 Å². The van der Waals surface area contributed by atoms with E-state index in [1.54, 1.807) is 42.5 Å². The van der Waals surface area contributed by atoms with Crippen LogP contribution in [-0.2, 0) is 0 Å². The van der Waals surface area contributed by atoms with Crippen molar-refractivity contribution in [2.45, 2.75) is 205 Å². The van der Waals surface area contributed by atoms with Gasteiger partial charge in [0.1, 0.15) is 56.5 Å². The molecule has 2 unspecified atom stereocenters. The number of nitrogens with two attached hydrogens (primary N) is 1. The molecule has 15 nitrogen and oxygen atoms in total. The standard InChI is InChI=1S/C40H54ClN3O5.C40H53ClN2O5S/c1-3-4-5-6-7-8-9-10-11-12-13-14-15-16-17-20-24-43-40(42)49-36-27-33(46)38-32(45)26-35(29-21-18-19-22-31(29)41)48-39(38)37(36)30-23-25-44(2)28-34(30)47;1-3-4-5-6-7-8-9-10-11-12-13-14-15-16-17-20-24-42-40(49)48-36-27-33(45)38-32(44)26-35(29-21-18-19-22-31(29)41)47-39(38)37(36)30-23-25-43(2)28-34(30)46/h7-8,10-11,18-19,21-22,26-27,30,34,46-47H,3-6,9,12-17,20,23-25,28H2,1-2H3,(H2,42,43);7-8,10-11,18-19,21-22,26-27,30,34,45-46H,3-6,9,12-17,20,23-25,28H2,1-2H3,(H,42,49)/b2*8-7-,11-10-/t2*30?,34-/m00/s1. The van der Waals surface area contributed by atoms with Crippen molar-refractivity contribution in [3.8, 4) is 45.6 Å². The lowest BCUT2D eigenvalue weighted by Crippen LogP contribution is -2.40. The van der Waals surface area contributed by atoms with Crippen LogP contribution in [0.25, 0.3) is 44.6 Å². The number of hydrogen-bond donors (Lipinski definition) is 6. The largest absolute Gasteiger partial charge is 0.507 e. The predicted molar refractivity (Wildman–Crippen MR) is 408 cm³/mol. The second-order valence-electron chi connectivity index (χ2n) is 26.2. The van der Waals surface area contributed by atoms with Crippen molar-refractivity contribution in [2.75, 3.05) is 53.4 Å². The Morgan fingerprint density at radius 1 is 0.582 bits per heavy atom. The zero-order valence-electron chi connectivity index (χ0n) is 58.3. The Kier molecular flexibility index (Phi) is 34.5. The van der Waals surface area contributed by atoms with Crippen molar-refractivity contribution < 1.29 is 38.7 Å². The molecule has 4 heterocycles. The number of phenols is 2. The highest BCUT2D eigenvalue weighted by Crippen LogP contribution is 2.46. The van der Waals surface area contributed by atoms with Crippen LogP contribution in [0, 0.1) is 0 Å². The summed E-state index contributed by atoms with van der Waals surface area (Å²) in [6.45, 7) is 7.96. The highest BCUT2D eigenvalue weighted by Gasteiger charge is 2.36. The van der Waals surface area contributed by atoms with E-state index in [4.69, 9.17) is 59.5 Å². The number of thiocarbonyl (C=S) groups is 1. The Morgan fingerprint density at radius 2 is 0.980 bits per heavy atom. The second-order valence-corrected chi connectivity index (χ2v) is 27.4. The van der Waals surface area contributed by atoms with Crippen LogP contribution in [0.15, 0.2) is 145 Å². The minimum Gasteiger partial charge on any atom is -0.507 e. The molecule has 18 heteroatoms. The number of unbranched alkanes of at least 4 members (excludes halogenated alkanes) is 18. The predicted octanol–water partition coefficient (Wildman–Crippen LogP) is 18.8. The summed E-state index contributed by atoms with van der Waals surface area (Å²) in [5.74, 6) is -0.432. The van der Waals surface area contributed by atoms with Crippen LogP contribution in [0.5, 0.6) is 23.0 Å². The van der Waals surface area contributed by atoms with E-state index < -0.39 is 34.9 Å². The lowest BCUT2D eigenvalue weighted by molar-refractivity contribution is 0.0631. The van der Waals surface area contributed by atoms with Crippen LogP contribution < -0.4 is 31.4 Å². The van der Waals surface area contributed by atoms with Gasteiger partial charge in [0.15, 0.2) is 10.9 Å². The van der Waals surface area contributed by atoms with E-state index >= 15 is 0 Å². The molecule has 0 aliphatic carbocycles. The number of phenolic OH excluding ortho intramolecular Hbond substituents is 2. The number of β-amino-alcohol motifs (C(OH)–C–C–N with tert-alkyl or cyclic N) is 2. The maximum absolute atomic E-state index is 13.4. The number of likely N-dealkylation sites (tertiary alicyclic amines) is 2. The molecule has 0 amide bonds. The third kappa shape index (κ3) is 24.8. The van der Waals surface area contributed by atoms with Gasteiger partial charge < -0.3 is 59.6 Å². The number of hydrogen-bond acceptors (Lipinski definition) is 14. The number of nitrogens with zero attached hydrogens (tertiary/aromatic N) is 3. The molecule has 2 aliphatic heterocycles. The molecule has 98 heavy (non-hydrogen) atoms. The quantitative estimate of drug-likeness (QED) is 0.00709. The molecule has 7 N–H and O–H groups in total. The number of rotatable bonds is 36. The number of likely N-dealkylation sites (N-methyl/N-ethyl adjacent to an activating group) is 2. The maximum Gasteiger partial charge on any atom is 0.287 e. The van der Waals surface area contributed by atoms with Gasteiger partial charge in [0.25, 0.3) is 11.2 Å². The highest BCUT2D eigenvalue weighted by molar-refractivity contribution is 7.80. The Balaban J connectivity index is 0.000000276. The van der Waals surface area contributed by atoms with E-state index in [9.17, 15) is 30.0 Å². The first-order chi connectivity index (χ1) is 47.6. The monoisotopic (exact) mass is 1400 g/mol. The van der Waals surface area contributed by atoms with E-state index in [-0.39, 0.29) is 67.7 Å². The number of aliphatic hydroxyl groups is 2. The minimum absolute atomic E-state index is 0.0149. The molecule has 6 aromatic rings. The zero-order valence-corrected chi connectivity index (χ0v) is 60.6. The van der Waals surface area contributed by atoms with Gasteiger partial charge in [0, 0.05) is 84.5 Å². The lowest BCUT2D eigenvalue weighted by Gasteiger charge is -2.34. The number of aromatic hydroxyl groups is 2. The van der Waals surface area contributed by atoms with Gasteiger partial charge in [-0.3, -0.25) is 9.59 Å². The summed E-state index contributed by atoms with van der Waals surface area (Å²) in [5.41, 5.74) is 7.79. The summed E-state index contributed by atoms with van der Waals surface area (Å²) in [7, 11) is 3.90. The summed E-state index contributed by atoms with van der Waals surface area (Å²) in [5, 5.41) is 48.6. The van der Waals surface area contributed by atoms with Gasteiger partial charge in [-0.2, -0.15) is 0 Å². The van der Waals surface area contributed by atoms with E-state index in [0.29, 0.717) is 71.3 Å². The topological polar surface area (TPSA) is 217 Å². The van der Waals surface area contributed by atoms with Gasteiger partial charge in [-0.05, 0) is 154 Å². The molecule has 0 radical (unpaired) electrons. The molecule has 2 fully saturated rings. The summed E-state index contributed by atoms with van der Waals surface area (Å²) in [4.78, 5) is 35.3. The molecule has 0 spiro atoms. The van der Waals surface area contributed by atoms with E-state index in [1.165, 1.54) is 121 Å². The first kappa shape index (κ1) is 78.6. The Labute approximate surface area is 596 Å². The zero-order chi connectivity index (χ0) is 70.0. The van der Waals surface area contributed by atoms with Gasteiger partial charge in [0.2, 0.25) is 0 Å². The SMILES string of the molecule is CCCCC/C=C\C/C=C\CCCCCCCCN=C(N)Oc1cc(O)c2c(=O)cc(-c3ccccc3Cl)oc2c1C1CCN(C)C[C@@H]1O.CCCCC/C=C\C/C=C\CCCCCCCCNC(=S)Oc1cc(O)c2c(=O)cc(-c3ccccc3Cl)oc2c1C1CCN(C)C[C@@H]1O. The number of allylic oxidation sites excluding steroid dienone is 8. The van der Waals surface area contributed by atoms with Gasteiger partial charge in [0.05, 0.1) is 22.3 Å². The molecule has 4 aromatic carbocycles. The van der Waals surface area contributed by atoms with E-state index in [1.807, 2.05) is 25.1 Å². The van der Waals surface area contributed by atoms with Gasteiger partial charge in [-0.15, -0.1) is 0 Å². The fraction of sp³-hybridized carbons (Fsp3) is 0.500. The third-order valence-corrected chi connectivity index (χ3v) is 19.1. The number of nitrogens with one attached hydrogen (secondary N) is 1. The number of ether oxygens (including phenoxy) is 2. The molecule has 532 valence electrons. The van der Waals surface area contributed by atoms with Crippen molar-refractivity contribution in [3.05, 3.63) is 163 Å². The summed E-state index contributed by atoms with van der Waals surface area (Å²) in [6, 6.07) is 19.5. The molecule has 0 saturated carbocycles. The fourth-order valence-corrected chi connectivity index (χ4v) is 13.5. The average molecular weight is 1400 g/mol. The first-order valence-corrected chi connectivity index (χ1v) is 37.2. The van der Waals surface area contributed by atoms with Crippen molar-refractivity contribution in [1.82, 2.24) is 15.1 Å². The molecule has 4 atom stereocenters. The number of amidine groups is 1. The van der Waals surface area contributed by atoms with Crippen LogP contribution in [0.1, 0.15) is 204 Å². The number of aliphatic imine (C=N–C) groups is 1. The summed E-state index contributed by atoms with van der Waals surface area (Å²) < 4.78 is 24.9. The van der Waals surface area contributed by atoms with Gasteiger partial charge >= 0.3 is 0 Å². The van der Waals surface area contributed by atoms with Crippen LogP contribution in [0.2, 0.25) is 10.0 Å². The van der Waals surface area contributed by atoms with Crippen LogP contribution in [0.3, 0.4) is 0 Å². The van der Waals surface area contributed by atoms with Crippen molar-refractivity contribution >= 4 is 68.6 Å². The lowest BCUT2D eigenvalue weighted by atomic mass is 9.85. The highest BCUT2D eigenvalue weighted by atomic mass is 35.5. The Morgan fingerprint density at radius 3 is 1.41 bits per heavy atom. The molecule has 2 saturated heterocycles. The van der Waals surface area contributed by atoms with Crippen molar-refractivity contribution in [3.63, 3.8) is 0 Å². The Hall–Kier alpha value is -6.76. The molecule has 2 aliphatic rings. The number of aliphatic hydroxyl groups excluding tert-OH is 2. The van der Waals surface area contributed by atoms with Crippen molar-refractivity contribution in [1.29, 1.82) is 0 Å². The number of halogens is 2. The number of piperidine rings is 2. The summed E-state index contributed by atoms with van der Waals surface area (Å²) in [6.07, 6.45) is 46.1. The molecule has 2 aromatic heterocycles. The van der Waals surface area contributed by atoms with E-state index in [0.717, 1.165) is 70.9 Å². The number of benzene rings is 4. The van der Waals surface area contributed by atoms with Gasteiger partial charge in [-0.1, -0.05) is 187 Å². The molecular weight excluding hydrogens is 1290 g/mol. The molecule has 8 rings (SSSR count).